The number of amides is 2. The second-order valence-corrected chi connectivity index (χ2v) is 6.63. The molecule has 0 atom stereocenters. The van der Waals surface area contributed by atoms with E-state index < -0.39 is 0 Å². The van der Waals surface area contributed by atoms with Crippen LogP contribution in [0.4, 0.5) is 11.4 Å². The van der Waals surface area contributed by atoms with Gasteiger partial charge >= 0.3 is 0 Å². The van der Waals surface area contributed by atoms with Gasteiger partial charge in [0.05, 0.1) is 0 Å². The molecule has 130 valence electrons. The van der Waals surface area contributed by atoms with Crippen LogP contribution in [0.1, 0.15) is 28.8 Å². The highest BCUT2D eigenvalue weighted by Crippen LogP contribution is 2.28. The molecule has 26 heavy (non-hydrogen) atoms. The average Bonchev–Trinajstić information content (AvgIpc) is 3.08. The first kappa shape index (κ1) is 16.3. The topological polar surface area (TPSA) is 49.4 Å². The van der Waals surface area contributed by atoms with Gasteiger partial charge in [-0.05, 0) is 47.9 Å². The van der Waals surface area contributed by atoms with E-state index in [-0.39, 0.29) is 11.8 Å². The Morgan fingerprint density at radius 3 is 2.65 bits per heavy atom. The van der Waals surface area contributed by atoms with Gasteiger partial charge in [-0.1, -0.05) is 42.5 Å². The van der Waals surface area contributed by atoms with Crippen LogP contribution in [0.15, 0.2) is 60.7 Å². The molecule has 0 aliphatic carbocycles. The Bertz CT molecular complexity index is 1000. The first-order valence-corrected chi connectivity index (χ1v) is 8.83. The second kappa shape index (κ2) is 6.64. The SMILES string of the molecule is Cc1ccc(NC(=O)c2cccc3ccccc23)cc1N1CCCC1=O. The van der Waals surface area contributed by atoms with Crippen LogP contribution in [0.2, 0.25) is 0 Å². The molecule has 2 amide bonds. The molecule has 3 aromatic carbocycles. The normalized spacial score (nSPS) is 14.0. The molecule has 0 radical (unpaired) electrons. The van der Waals surface area contributed by atoms with Crippen LogP contribution in [0.25, 0.3) is 10.8 Å². The lowest BCUT2D eigenvalue weighted by Crippen LogP contribution is -2.24. The summed E-state index contributed by atoms with van der Waals surface area (Å²) in [5, 5.41) is 4.94. The number of anilines is 2. The molecular formula is C22H20N2O2. The quantitative estimate of drug-likeness (QED) is 0.759. The highest BCUT2D eigenvalue weighted by atomic mass is 16.2. The van der Waals surface area contributed by atoms with Gasteiger partial charge in [0.1, 0.15) is 0 Å². The van der Waals surface area contributed by atoms with Gasteiger partial charge in [0.15, 0.2) is 0 Å². The Morgan fingerprint density at radius 1 is 1.04 bits per heavy atom. The number of fused-ring (bicyclic) bond motifs is 1. The molecule has 4 nitrogen and oxygen atoms in total. The average molecular weight is 344 g/mol. The fourth-order valence-corrected chi connectivity index (χ4v) is 3.50. The lowest BCUT2D eigenvalue weighted by atomic mass is 10.0. The van der Waals surface area contributed by atoms with Crippen LogP contribution in [0, 0.1) is 6.92 Å². The monoisotopic (exact) mass is 344 g/mol. The minimum Gasteiger partial charge on any atom is -0.322 e. The minimum absolute atomic E-state index is 0.144. The summed E-state index contributed by atoms with van der Waals surface area (Å²) in [7, 11) is 0. The maximum atomic E-state index is 12.8. The molecular weight excluding hydrogens is 324 g/mol. The summed E-state index contributed by atoms with van der Waals surface area (Å²) < 4.78 is 0. The fraction of sp³-hybridized carbons (Fsp3) is 0.182. The van der Waals surface area contributed by atoms with Gasteiger partial charge in [0.2, 0.25) is 5.91 Å². The van der Waals surface area contributed by atoms with Crippen LogP contribution < -0.4 is 10.2 Å². The van der Waals surface area contributed by atoms with Crippen molar-refractivity contribution in [2.24, 2.45) is 0 Å². The van der Waals surface area contributed by atoms with Crippen LogP contribution >= 0.6 is 0 Å². The van der Waals surface area contributed by atoms with E-state index in [1.165, 1.54) is 0 Å². The van der Waals surface area contributed by atoms with Crippen molar-refractivity contribution in [1.29, 1.82) is 0 Å². The lowest BCUT2D eigenvalue weighted by molar-refractivity contribution is -0.117. The molecule has 4 heteroatoms. The first-order chi connectivity index (χ1) is 12.6. The zero-order valence-corrected chi connectivity index (χ0v) is 14.7. The van der Waals surface area contributed by atoms with Gasteiger partial charge < -0.3 is 10.2 Å². The Kier molecular flexibility index (Phi) is 4.17. The number of hydrogen-bond donors (Lipinski definition) is 1. The Balaban J connectivity index is 1.65. The van der Waals surface area contributed by atoms with Gasteiger partial charge in [-0.2, -0.15) is 0 Å². The van der Waals surface area contributed by atoms with Crippen molar-refractivity contribution in [1.82, 2.24) is 0 Å². The van der Waals surface area contributed by atoms with Crippen molar-refractivity contribution in [3.8, 4) is 0 Å². The van der Waals surface area contributed by atoms with Crippen LogP contribution in [-0.2, 0) is 4.79 Å². The molecule has 1 saturated heterocycles. The van der Waals surface area contributed by atoms with Gasteiger partial charge in [0.25, 0.3) is 5.91 Å². The highest BCUT2D eigenvalue weighted by molar-refractivity contribution is 6.13. The summed E-state index contributed by atoms with van der Waals surface area (Å²) in [6, 6.07) is 19.3. The predicted octanol–water partition coefficient (Wildman–Crippen LogP) is 4.53. The van der Waals surface area contributed by atoms with E-state index in [9.17, 15) is 9.59 Å². The number of hydrogen-bond acceptors (Lipinski definition) is 2. The maximum absolute atomic E-state index is 12.8. The molecule has 4 rings (SSSR count). The largest absolute Gasteiger partial charge is 0.322 e. The van der Waals surface area contributed by atoms with Gasteiger partial charge in [0, 0.05) is 29.9 Å². The third-order valence-corrected chi connectivity index (χ3v) is 4.87. The molecule has 0 aromatic heterocycles. The number of nitrogens with zero attached hydrogens (tertiary/aromatic N) is 1. The van der Waals surface area contributed by atoms with Crippen molar-refractivity contribution in [2.45, 2.75) is 19.8 Å². The lowest BCUT2D eigenvalue weighted by Gasteiger charge is -2.19. The van der Waals surface area contributed by atoms with Crippen LogP contribution in [0.3, 0.4) is 0 Å². The molecule has 0 spiro atoms. The maximum Gasteiger partial charge on any atom is 0.256 e. The number of carbonyl (C=O) groups is 2. The number of aryl methyl sites for hydroxylation is 1. The summed E-state index contributed by atoms with van der Waals surface area (Å²) in [6.07, 6.45) is 1.47. The van der Waals surface area contributed by atoms with Gasteiger partial charge in [-0.25, -0.2) is 0 Å². The smallest absolute Gasteiger partial charge is 0.256 e. The number of carbonyl (C=O) groups excluding carboxylic acids is 2. The second-order valence-electron chi connectivity index (χ2n) is 6.63. The highest BCUT2D eigenvalue weighted by Gasteiger charge is 2.23. The van der Waals surface area contributed by atoms with Crippen LogP contribution in [0.5, 0.6) is 0 Å². The fourth-order valence-electron chi connectivity index (χ4n) is 3.50. The summed E-state index contributed by atoms with van der Waals surface area (Å²) in [5.74, 6) is -0.00465. The molecule has 1 fully saturated rings. The van der Waals surface area contributed by atoms with Crippen molar-refractivity contribution in [3.05, 3.63) is 71.8 Å². The molecule has 0 unspecified atom stereocenters. The first-order valence-electron chi connectivity index (χ1n) is 8.83. The van der Waals surface area contributed by atoms with E-state index >= 15 is 0 Å². The number of rotatable bonds is 3. The standard InChI is InChI=1S/C22H20N2O2/c1-15-11-12-17(14-20(15)24-13-5-10-21(24)25)23-22(26)19-9-4-7-16-6-2-3-8-18(16)19/h2-4,6-9,11-12,14H,5,10,13H2,1H3,(H,23,26). The summed E-state index contributed by atoms with van der Waals surface area (Å²) in [5.41, 5.74) is 3.25. The van der Waals surface area contributed by atoms with E-state index in [1.54, 1.807) is 0 Å². The van der Waals surface area contributed by atoms with E-state index in [1.807, 2.05) is 72.5 Å². The van der Waals surface area contributed by atoms with Gasteiger partial charge in [-0.15, -0.1) is 0 Å². The third kappa shape index (κ3) is 2.94. The van der Waals surface area contributed by atoms with E-state index in [0.717, 1.165) is 35.0 Å². The van der Waals surface area contributed by atoms with Crippen molar-refractivity contribution in [2.75, 3.05) is 16.8 Å². The predicted molar refractivity (Wildman–Crippen MR) is 105 cm³/mol. The number of benzene rings is 3. The molecule has 1 heterocycles. The van der Waals surface area contributed by atoms with E-state index in [0.29, 0.717) is 17.7 Å². The summed E-state index contributed by atoms with van der Waals surface area (Å²) in [4.78, 5) is 26.7. The Morgan fingerprint density at radius 2 is 1.85 bits per heavy atom. The van der Waals surface area contributed by atoms with Crippen molar-refractivity contribution < 1.29 is 9.59 Å². The molecule has 3 aromatic rings. The molecule has 0 bridgehead atoms. The minimum atomic E-state index is -0.149. The molecule has 0 saturated carbocycles. The third-order valence-electron chi connectivity index (χ3n) is 4.87. The summed E-state index contributed by atoms with van der Waals surface area (Å²) >= 11 is 0. The van der Waals surface area contributed by atoms with Crippen molar-refractivity contribution in [3.63, 3.8) is 0 Å². The Labute approximate surface area is 152 Å². The van der Waals surface area contributed by atoms with E-state index in [4.69, 9.17) is 0 Å². The van der Waals surface area contributed by atoms with E-state index in [2.05, 4.69) is 5.32 Å². The van der Waals surface area contributed by atoms with Crippen LogP contribution in [-0.4, -0.2) is 18.4 Å². The number of nitrogens with one attached hydrogen (secondary N) is 1. The summed E-state index contributed by atoms with van der Waals surface area (Å²) in [6.45, 7) is 2.72. The molecule has 1 aliphatic heterocycles. The van der Waals surface area contributed by atoms with Crippen molar-refractivity contribution >= 4 is 34.0 Å². The zero-order valence-electron chi connectivity index (χ0n) is 14.7. The van der Waals surface area contributed by atoms with Gasteiger partial charge in [-0.3, -0.25) is 9.59 Å². The molecule has 1 N–H and O–H groups in total. The Hall–Kier alpha value is -3.14. The molecule has 1 aliphatic rings. The zero-order chi connectivity index (χ0) is 18.1.